The van der Waals surface area contributed by atoms with Crippen LogP contribution in [0.2, 0.25) is 0 Å². The fourth-order valence-electron chi connectivity index (χ4n) is 1.91. The molecule has 0 radical (unpaired) electrons. The molecule has 0 saturated carbocycles. The highest BCUT2D eigenvalue weighted by atomic mass is 79.9. The molecule has 5 nitrogen and oxygen atoms in total. The Hall–Kier alpha value is -1.43. The van der Waals surface area contributed by atoms with E-state index in [-0.39, 0.29) is 18.4 Å². The molecule has 96 valence electrons. The average molecular weight is 312 g/mol. The third-order valence-electron chi connectivity index (χ3n) is 2.75. The van der Waals surface area contributed by atoms with Crippen molar-refractivity contribution in [3.8, 4) is 0 Å². The van der Waals surface area contributed by atoms with Crippen molar-refractivity contribution < 1.29 is 9.59 Å². The lowest BCUT2D eigenvalue weighted by atomic mass is 10.0. The number of rotatable bonds is 2. The predicted octanol–water partition coefficient (Wildman–Crippen LogP) is 1.08. The van der Waals surface area contributed by atoms with Crippen LogP contribution in [0.4, 0.5) is 0 Å². The van der Waals surface area contributed by atoms with Crippen LogP contribution in [0.25, 0.3) is 0 Å². The molecule has 1 N–H and O–H groups in total. The summed E-state index contributed by atoms with van der Waals surface area (Å²) in [5.74, 6) is -0.233. The summed E-state index contributed by atoms with van der Waals surface area (Å²) in [5, 5.41) is 2.67. The van der Waals surface area contributed by atoms with Gasteiger partial charge >= 0.3 is 0 Å². The maximum atomic E-state index is 12.1. The molecular weight excluding hydrogens is 298 g/mol. The molecule has 2 heterocycles. The van der Waals surface area contributed by atoms with Gasteiger partial charge in [0.1, 0.15) is 12.1 Å². The number of hydrogen-bond acceptors (Lipinski definition) is 3. The number of carbonyl (C=O) groups excluding carboxylic acids is 2. The Kier molecular flexibility index (Phi) is 3.38. The van der Waals surface area contributed by atoms with E-state index in [0.717, 1.165) is 10.2 Å². The summed E-state index contributed by atoms with van der Waals surface area (Å²) >= 11 is 3.30. The molecular formula is C12H14BrN3O2. The number of halogens is 1. The van der Waals surface area contributed by atoms with E-state index in [0.29, 0.717) is 6.54 Å². The van der Waals surface area contributed by atoms with E-state index in [1.807, 2.05) is 12.1 Å². The Morgan fingerprint density at radius 2 is 2.17 bits per heavy atom. The maximum absolute atomic E-state index is 12.1. The zero-order valence-electron chi connectivity index (χ0n) is 10.2. The predicted molar refractivity (Wildman–Crippen MR) is 69.6 cm³/mol. The molecule has 2 amide bonds. The van der Waals surface area contributed by atoms with Gasteiger partial charge in [-0.15, -0.1) is 0 Å². The van der Waals surface area contributed by atoms with Gasteiger partial charge in [-0.2, -0.15) is 0 Å². The lowest BCUT2D eigenvalue weighted by Crippen LogP contribution is -2.63. The fraction of sp³-hybridized carbons (Fsp3) is 0.417. The second-order valence-electron chi connectivity index (χ2n) is 4.80. The van der Waals surface area contributed by atoms with Crippen molar-refractivity contribution in [2.75, 3.05) is 6.54 Å². The minimum Gasteiger partial charge on any atom is -0.341 e. The Labute approximate surface area is 114 Å². The van der Waals surface area contributed by atoms with Gasteiger partial charge in [-0.25, -0.2) is 0 Å². The van der Waals surface area contributed by atoms with Crippen LogP contribution in [0.3, 0.4) is 0 Å². The van der Waals surface area contributed by atoms with Crippen LogP contribution in [0.5, 0.6) is 0 Å². The summed E-state index contributed by atoms with van der Waals surface area (Å²) in [6.45, 7) is 3.84. The fourth-order valence-corrected chi connectivity index (χ4v) is 2.14. The van der Waals surface area contributed by atoms with Crippen LogP contribution < -0.4 is 5.32 Å². The summed E-state index contributed by atoms with van der Waals surface area (Å²) in [6, 6.07) is 3.69. The molecule has 2 rings (SSSR count). The number of aromatic nitrogens is 1. The van der Waals surface area contributed by atoms with Crippen LogP contribution in [0, 0.1) is 0 Å². The summed E-state index contributed by atoms with van der Waals surface area (Å²) < 4.78 is 0.884. The van der Waals surface area contributed by atoms with E-state index in [1.165, 1.54) is 4.90 Å². The van der Waals surface area contributed by atoms with Crippen molar-refractivity contribution in [2.45, 2.75) is 25.9 Å². The summed E-state index contributed by atoms with van der Waals surface area (Å²) in [4.78, 5) is 29.4. The van der Waals surface area contributed by atoms with Crippen LogP contribution in [-0.4, -0.2) is 33.8 Å². The quantitative estimate of drug-likeness (QED) is 0.889. The number of amides is 2. The Bertz CT molecular complexity index is 485. The molecule has 0 atom stereocenters. The lowest BCUT2D eigenvalue weighted by molar-refractivity contribution is -0.149. The highest BCUT2D eigenvalue weighted by molar-refractivity contribution is 9.10. The summed E-state index contributed by atoms with van der Waals surface area (Å²) in [5.41, 5.74) is -0.0814. The van der Waals surface area contributed by atoms with Gasteiger partial charge in [-0.05, 0) is 41.9 Å². The van der Waals surface area contributed by atoms with Crippen molar-refractivity contribution >= 4 is 27.7 Å². The Balaban J connectivity index is 2.15. The van der Waals surface area contributed by atoms with Crippen molar-refractivity contribution in [2.24, 2.45) is 0 Å². The smallest absolute Gasteiger partial charge is 0.248 e. The monoisotopic (exact) mass is 311 g/mol. The summed E-state index contributed by atoms with van der Waals surface area (Å²) in [6.07, 6.45) is 1.68. The molecule has 0 bridgehead atoms. The SMILES string of the molecule is CC1(C)NC(=O)CN(Cc2ccc(Br)cn2)C1=O. The first-order valence-electron chi connectivity index (χ1n) is 5.59. The van der Waals surface area contributed by atoms with Gasteiger partial charge < -0.3 is 10.2 Å². The molecule has 0 aromatic carbocycles. The number of nitrogens with zero attached hydrogens (tertiary/aromatic N) is 2. The number of hydrogen-bond donors (Lipinski definition) is 1. The molecule has 0 aliphatic carbocycles. The Morgan fingerprint density at radius 3 is 2.78 bits per heavy atom. The van der Waals surface area contributed by atoms with Gasteiger partial charge in [0.05, 0.1) is 12.2 Å². The zero-order chi connectivity index (χ0) is 13.3. The van der Waals surface area contributed by atoms with E-state index in [1.54, 1.807) is 20.0 Å². The number of pyridine rings is 1. The maximum Gasteiger partial charge on any atom is 0.248 e. The first-order valence-corrected chi connectivity index (χ1v) is 6.38. The molecule has 1 fully saturated rings. The second-order valence-corrected chi connectivity index (χ2v) is 5.72. The van der Waals surface area contributed by atoms with Gasteiger partial charge in [-0.3, -0.25) is 14.6 Å². The van der Waals surface area contributed by atoms with Crippen LogP contribution in [0.15, 0.2) is 22.8 Å². The second kappa shape index (κ2) is 4.68. The van der Waals surface area contributed by atoms with Gasteiger partial charge in [0.2, 0.25) is 11.8 Å². The Morgan fingerprint density at radius 1 is 1.44 bits per heavy atom. The van der Waals surface area contributed by atoms with E-state index in [4.69, 9.17) is 0 Å². The molecule has 1 aromatic heterocycles. The molecule has 0 unspecified atom stereocenters. The van der Waals surface area contributed by atoms with Gasteiger partial charge in [0.15, 0.2) is 0 Å². The summed E-state index contributed by atoms with van der Waals surface area (Å²) in [7, 11) is 0. The van der Waals surface area contributed by atoms with Crippen molar-refractivity contribution in [1.82, 2.24) is 15.2 Å². The molecule has 1 aliphatic heterocycles. The largest absolute Gasteiger partial charge is 0.341 e. The third kappa shape index (κ3) is 2.69. The molecule has 0 spiro atoms. The molecule has 6 heteroatoms. The van der Waals surface area contributed by atoms with Gasteiger partial charge in [0, 0.05) is 10.7 Å². The van der Waals surface area contributed by atoms with Crippen LogP contribution in [-0.2, 0) is 16.1 Å². The van der Waals surface area contributed by atoms with E-state index < -0.39 is 5.54 Å². The normalized spacial score (nSPS) is 18.7. The van der Waals surface area contributed by atoms with Crippen molar-refractivity contribution in [1.29, 1.82) is 0 Å². The first kappa shape index (κ1) is 13.0. The number of carbonyl (C=O) groups is 2. The molecule has 1 aromatic rings. The van der Waals surface area contributed by atoms with E-state index in [9.17, 15) is 9.59 Å². The third-order valence-corrected chi connectivity index (χ3v) is 3.22. The number of piperazine rings is 1. The highest BCUT2D eigenvalue weighted by Gasteiger charge is 2.38. The molecule has 1 aliphatic rings. The average Bonchev–Trinajstić information content (AvgIpc) is 2.28. The minimum atomic E-state index is -0.843. The molecule has 18 heavy (non-hydrogen) atoms. The lowest BCUT2D eigenvalue weighted by Gasteiger charge is -2.37. The van der Waals surface area contributed by atoms with Gasteiger partial charge in [-0.1, -0.05) is 0 Å². The minimum absolute atomic E-state index is 0.0833. The van der Waals surface area contributed by atoms with E-state index in [2.05, 4.69) is 26.2 Å². The van der Waals surface area contributed by atoms with Crippen LogP contribution >= 0.6 is 15.9 Å². The van der Waals surface area contributed by atoms with Crippen LogP contribution in [0.1, 0.15) is 19.5 Å². The topological polar surface area (TPSA) is 62.3 Å². The van der Waals surface area contributed by atoms with Crippen molar-refractivity contribution in [3.05, 3.63) is 28.5 Å². The van der Waals surface area contributed by atoms with Gasteiger partial charge in [0.25, 0.3) is 0 Å². The van der Waals surface area contributed by atoms with E-state index >= 15 is 0 Å². The standard InChI is InChI=1S/C12H14BrN3O2/c1-12(2)11(18)16(7-10(17)15-12)6-9-4-3-8(13)5-14-9/h3-5H,6-7H2,1-2H3,(H,15,17). The highest BCUT2D eigenvalue weighted by Crippen LogP contribution is 2.16. The molecule has 1 saturated heterocycles. The first-order chi connectivity index (χ1) is 8.38. The zero-order valence-corrected chi connectivity index (χ0v) is 11.8. The number of nitrogens with one attached hydrogen (secondary N) is 1. The van der Waals surface area contributed by atoms with Crippen molar-refractivity contribution in [3.63, 3.8) is 0 Å².